The van der Waals surface area contributed by atoms with Crippen LogP contribution in [0.3, 0.4) is 0 Å². The Labute approximate surface area is 184 Å². The van der Waals surface area contributed by atoms with Crippen LogP contribution in [0.1, 0.15) is 43.5 Å². The molecule has 7 nitrogen and oxygen atoms in total. The number of carbonyl (C=O) groups excluding carboxylic acids is 2. The summed E-state index contributed by atoms with van der Waals surface area (Å²) < 4.78 is 0. The fourth-order valence-corrected chi connectivity index (χ4v) is 4.67. The van der Waals surface area contributed by atoms with Crippen LogP contribution in [0.25, 0.3) is 0 Å². The van der Waals surface area contributed by atoms with E-state index < -0.39 is 0 Å². The summed E-state index contributed by atoms with van der Waals surface area (Å²) in [4.78, 5) is 32.6. The SMILES string of the molecule is CCN(CC)CC1CCCCN1CC(=O)N1CC=CC2=C1Nc1ccccc1C(=O)N2. The van der Waals surface area contributed by atoms with E-state index in [9.17, 15) is 9.59 Å². The molecule has 4 rings (SSSR count). The number of piperidine rings is 1. The number of nitrogens with one attached hydrogen (secondary N) is 2. The van der Waals surface area contributed by atoms with Gasteiger partial charge in [-0.3, -0.25) is 19.4 Å². The van der Waals surface area contributed by atoms with Gasteiger partial charge in [0.15, 0.2) is 0 Å². The molecule has 166 valence electrons. The lowest BCUT2D eigenvalue weighted by molar-refractivity contribution is -0.131. The Morgan fingerprint density at radius 2 is 1.97 bits per heavy atom. The molecule has 2 N–H and O–H groups in total. The van der Waals surface area contributed by atoms with Crippen molar-refractivity contribution < 1.29 is 9.59 Å². The molecule has 0 aromatic heterocycles. The highest BCUT2D eigenvalue weighted by Gasteiger charge is 2.31. The number of carbonyl (C=O) groups is 2. The van der Waals surface area contributed by atoms with Crippen molar-refractivity contribution >= 4 is 17.5 Å². The second-order valence-corrected chi connectivity index (χ2v) is 8.40. The van der Waals surface area contributed by atoms with Crippen LogP contribution in [-0.4, -0.2) is 71.8 Å². The van der Waals surface area contributed by atoms with Gasteiger partial charge in [0.05, 0.1) is 23.5 Å². The maximum absolute atomic E-state index is 13.4. The minimum Gasteiger partial charge on any atom is -0.339 e. The molecule has 1 atom stereocenters. The van der Waals surface area contributed by atoms with E-state index in [2.05, 4.69) is 34.3 Å². The number of hydrogen-bond donors (Lipinski definition) is 2. The molecule has 3 heterocycles. The second kappa shape index (κ2) is 9.66. The van der Waals surface area contributed by atoms with Crippen molar-refractivity contribution in [2.75, 3.05) is 44.6 Å². The summed E-state index contributed by atoms with van der Waals surface area (Å²) in [5.41, 5.74) is 1.93. The molecular weight excluding hydrogens is 390 g/mol. The van der Waals surface area contributed by atoms with Gasteiger partial charge in [-0.15, -0.1) is 0 Å². The Kier molecular flexibility index (Phi) is 6.73. The Hall–Kier alpha value is -2.64. The minimum atomic E-state index is -0.164. The number of rotatable bonds is 6. The maximum atomic E-state index is 13.4. The average molecular weight is 424 g/mol. The minimum absolute atomic E-state index is 0.0597. The van der Waals surface area contributed by atoms with E-state index in [1.165, 1.54) is 6.42 Å². The third-order valence-corrected chi connectivity index (χ3v) is 6.52. The number of para-hydroxylation sites is 1. The van der Waals surface area contributed by atoms with Crippen molar-refractivity contribution in [2.24, 2.45) is 0 Å². The fraction of sp³-hybridized carbons (Fsp3) is 0.500. The van der Waals surface area contributed by atoms with Gasteiger partial charge in [-0.05, 0) is 50.7 Å². The summed E-state index contributed by atoms with van der Waals surface area (Å²) in [5, 5.41) is 6.30. The Morgan fingerprint density at radius 1 is 1.16 bits per heavy atom. The zero-order valence-corrected chi connectivity index (χ0v) is 18.6. The lowest BCUT2D eigenvalue weighted by atomic mass is 10.0. The molecule has 3 aliphatic heterocycles. The van der Waals surface area contributed by atoms with Gasteiger partial charge in [0.1, 0.15) is 5.82 Å². The largest absolute Gasteiger partial charge is 0.339 e. The lowest BCUT2D eigenvalue weighted by Gasteiger charge is -2.39. The molecule has 0 aliphatic carbocycles. The monoisotopic (exact) mass is 423 g/mol. The van der Waals surface area contributed by atoms with Gasteiger partial charge >= 0.3 is 0 Å². The Bertz CT molecular complexity index is 890. The van der Waals surface area contributed by atoms with Crippen molar-refractivity contribution in [3.8, 4) is 0 Å². The number of anilines is 1. The molecule has 1 aromatic rings. The van der Waals surface area contributed by atoms with E-state index in [1.807, 2.05) is 30.4 Å². The normalized spacial score (nSPS) is 21.3. The first-order valence-corrected chi connectivity index (χ1v) is 11.5. The fourth-order valence-electron chi connectivity index (χ4n) is 4.67. The van der Waals surface area contributed by atoms with E-state index >= 15 is 0 Å². The van der Waals surface area contributed by atoms with Crippen LogP contribution < -0.4 is 10.6 Å². The highest BCUT2D eigenvalue weighted by Crippen LogP contribution is 2.26. The summed E-state index contributed by atoms with van der Waals surface area (Å²) in [7, 11) is 0. The van der Waals surface area contributed by atoms with Gasteiger partial charge in [0.2, 0.25) is 5.91 Å². The molecule has 1 unspecified atom stereocenters. The van der Waals surface area contributed by atoms with Gasteiger partial charge in [-0.2, -0.15) is 0 Å². The van der Waals surface area contributed by atoms with Crippen LogP contribution in [-0.2, 0) is 4.79 Å². The molecule has 0 bridgehead atoms. The van der Waals surface area contributed by atoms with Gasteiger partial charge in [-0.25, -0.2) is 0 Å². The number of likely N-dealkylation sites (N-methyl/N-ethyl adjacent to an activating group) is 1. The average Bonchev–Trinajstić information content (AvgIpc) is 2.94. The van der Waals surface area contributed by atoms with Crippen LogP contribution in [0.15, 0.2) is 47.9 Å². The van der Waals surface area contributed by atoms with E-state index in [0.717, 1.165) is 44.7 Å². The van der Waals surface area contributed by atoms with Crippen LogP contribution in [0.4, 0.5) is 5.69 Å². The van der Waals surface area contributed by atoms with E-state index in [0.29, 0.717) is 36.2 Å². The van der Waals surface area contributed by atoms with Crippen molar-refractivity contribution in [2.45, 2.75) is 39.2 Å². The molecule has 1 aromatic carbocycles. The van der Waals surface area contributed by atoms with Crippen molar-refractivity contribution in [1.82, 2.24) is 20.0 Å². The molecule has 31 heavy (non-hydrogen) atoms. The summed E-state index contributed by atoms with van der Waals surface area (Å²) in [6.45, 7) is 9.32. The predicted molar refractivity (Wildman–Crippen MR) is 122 cm³/mol. The van der Waals surface area contributed by atoms with Gasteiger partial charge in [0.25, 0.3) is 5.91 Å². The number of nitrogens with zero attached hydrogens (tertiary/aromatic N) is 3. The summed E-state index contributed by atoms with van der Waals surface area (Å²) in [5.74, 6) is 0.551. The van der Waals surface area contributed by atoms with Crippen molar-refractivity contribution in [1.29, 1.82) is 0 Å². The molecule has 0 spiro atoms. The summed E-state index contributed by atoms with van der Waals surface area (Å²) in [6, 6.07) is 7.80. The van der Waals surface area contributed by atoms with Gasteiger partial charge in [0, 0.05) is 19.1 Å². The molecule has 0 saturated carbocycles. The molecule has 1 saturated heterocycles. The zero-order chi connectivity index (χ0) is 21.8. The third kappa shape index (κ3) is 4.67. The molecule has 3 aliphatic rings. The lowest BCUT2D eigenvalue weighted by Crippen LogP contribution is -2.51. The highest BCUT2D eigenvalue weighted by atomic mass is 16.2. The first-order chi connectivity index (χ1) is 15.1. The van der Waals surface area contributed by atoms with Crippen LogP contribution >= 0.6 is 0 Å². The standard InChI is InChI=1S/C24H33N5O2/c1-3-27(4-2)16-18-10-7-8-14-28(18)17-22(30)29-15-9-13-21-23(29)25-20-12-6-5-11-19(20)24(31)26-21/h5-6,9,11-13,18,25H,3-4,7-8,10,14-17H2,1-2H3,(H,26,31). The van der Waals surface area contributed by atoms with Crippen LogP contribution in [0.5, 0.6) is 0 Å². The zero-order valence-electron chi connectivity index (χ0n) is 18.6. The maximum Gasteiger partial charge on any atom is 0.257 e. The van der Waals surface area contributed by atoms with Crippen LogP contribution in [0.2, 0.25) is 0 Å². The number of allylic oxidation sites excluding steroid dienone is 1. The first kappa shape index (κ1) is 21.6. The van der Waals surface area contributed by atoms with Crippen LogP contribution in [0, 0.1) is 0 Å². The van der Waals surface area contributed by atoms with E-state index in [4.69, 9.17) is 0 Å². The molecule has 0 radical (unpaired) electrons. The molecule has 7 heteroatoms. The van der Waals surface area contributed by atoms with Crippen molar-refractivity contribution in [3.63, 3.8) is 0 Å². The molecule has 2 amide bonds. The number of benzene rings is 1. The van der Waals surface area contributed by atoms with Gasteiger partial charge in [-0.1, -0.05) is 38.5 Å². The summed E-state index contributed by atoms with van der Waals surface area (Å²) >= 11 is 0. The van der Waals surface area contributed by atoms with Gasteiger partial charge < -0.3 is 15.5 Å². The highest BCUT2D eigenvalue weighted by molar-refractivity contribution is 6.02. The topological polar surface area (TPSA) is 67.9 Å². The number of likely N-dealkylation sites (tertiary alicyclic amines) is 1. The number of fused-ring (bicyclic) bond motifs is 1. The number of amides is 2. The summed E-state index contributed by atoms with van der Waals surface area (Å²) in [6.07, 6.45) is 7.30. The second-order valence-electron chi connectivity index (χ2n) is 8.40. The third-order valence-electron chi connectivity index (χ3n) is 6.52. The van der Waals surface area contributed by atoms with Crippen molar-refractivity contribution in [3.05, 3.63) is 53.5 Å². The smallest absolute Gasteiger partial charge is 0.257 e. The quantitative estimate of drug-likeness (QED) is 0.736. The first-order valence-electron chi connectivity index (χ1n) is 11.5. The molecular formula is C24H33N5O2. The van der Waals surface area contributed by atoms with E-state index in [-0.39, 0.29) is 11.8 Å². The Balaban J connectivity index is 1.51. The van der Waals surface area contributed by atoms with E-state index in [1.54, 1.807) is 11.0 Å². The molecule has 1 fully saturated rings. The predicted octanol–water partition coefficient (Wildman–Crippen LogP) is 2.61. The Morgan fingerprint density at radius 3 is 2.77 bits per heavy atom. The number of hydrogen-bond acceptors (Lipinski definition) is 5.